The van der Waals surface area contributed by atoms with E-state index < -0.39 is 0 Å². The first-order valence-electron chi connectivity index (χ1n) is 5.31. The van der Waals surface area contributed by atoms with Crippen LogP contribution in [0.15, 0.2) is 54.7 Å². The van der Waals surface area contributed by atoms with Crippen LogP contribution in [-0.2, 0) is 0 Å². The number of aromatic nitrogens is 1. The first kappa shape index (κ1) is 7.99. The quantitative estimate of drug-likeness (QED) is 0.428. The summed E-state index contributed by atoms with van der Waals surface area (Å²) in [6, 6.07) is 16.3. The van der Waals surface area contributed by atoms with Gasteiger partial charge in [-0.2, -0.15) is 0 Å². The number of ether oxygens (including phenoxy) is 1. The molecule has 76 valence electrons. The van der Waals surface area contributed by atoms with Gasteiger partial charge in [-0.1, -0.05) is 24.3 Å². The number of nitrogens with zero attached hydrogens (tertiary/aromatic N) is 1. The molecular weight excluding hydrogens is 198 g/mol. The van der Waals surface area contributed by atoms with Gasteiger partial charge in [0.05, 0.1) is 11.2 Å². The minimum atomic E-state index is 0.915. The Kier molecular flexibility index (Phi) is 1.33. The van der Waals surface area contributed by atoms with Crippen molar-refractivity contribution in [2.24, 2.45) is 0 Å². The number of rotatable bonds is 0. The van der Waals surface area contributed by atoms with E-state index in [4.69, 9.17) is 4.74 Å². The first-order valence-corrected chi connectivity index (χ1v) is 5.31. The largest absolute Gasteiger partial charge is 0.453 e. The maximum absolute atomic E-state index is 5.89. The zero-order chi connectivity index (χ0) is 10.5. The highest BCUT2D eigenvalue weighted by molar-refractivity contribution is 5.89. The van der Waals surface area contributed by atoms with Crippen molar-refractivity contribution in [3.63, 3.8) is 0 Å². The van der Waals surface area contributed by atoms with Crippen molar-refractivity contribution in [2.45, 2.75) is 0 Å². The Bertz CT molecular complexity index is 697. The molecule has 3 aromatic rings. The summed E-state index contributed by atoms with van der Waals surface area (Å²) in [6.45, 7) is 0. The van der Waals surface area contributed by atoms with E-state index in [1.54, 1.807) is 0 Å². The lowest BCUT2D eigenvalue weighted by molar-refractivity contribution is 0.475. The van der Waals surface area contributed by atoms with Gasteiger partial charge in [-0.05, 0) is 24.3 Å². The standard InChI is InChI=1S/C14H9NO/c1-2-6-12-11(5-1)15-9-8-10-4-3-7-13(16-12)14(10)15/h1-9H. The number of hydrogen-bond acceptors (Lipinski definition) is 1. The molecule has 0 atom stereocenters. The number of benzene rings is 2. The monoisotopic (exact) mass is 207 g/mol. The van der Waals surface area contributed by atoms with Crippen LogP contribution in [0.3, 0.4) is 0 Å². The first-order chi connectivity index (χ1) is 7.93. The lowest BCUT2D eigenvalue weighted by Gasteiger charge is -2.19. The molecule has 2 heteroatoms. The summed E-state index contributed by atoms with van der Waals surface area (Å²) in [5, 5.41) is 1.21. The molecule has 1 aliphatic rings. The van der Waals surface area contributed by atoms with Crippen LogP contribution in [0.1, 0.15) is 0 Å². The highest BCUT2D eigenvalue weighted by atomic mass is 16.5. The van der Waals surface area contributed by atoms with Crippen LogP contribution in [0.5, 0.6) is 11.5 Å². The van der Waals surface area contributed by atoms with Crippen LogP contribution < -0.4 is 4.74 Å². The summed E-state index contributed by atoms with van der Waals surface area (Å²) in [5.41, 5.74) is 2.26. The van der Waals surface area contributed by atoms with Crippen molar-refractivity contribution < 1.29 is 4.74 Å². The molecule has 0 saturated heterocycles. The third kappa shape index (κ3) is 0.865. The Morgan fingerprint density at radius 1 is 0.812 bits per heavy atom. The van der Waals surface area contributed by atoms with Crippen LogP contribution in [0.25, 0.3) is 16.6 Å². The predicted molar refractivity (Wildman–Crippen MR) is 63.3 cm³/mol. The third-order valence-electron chi connectivity index (χ3n) is 3.02. The van der Waals surface area contributed by atoms with Crippen LogP contribution in [0.4, 0.5) is 0 Å². The van der Waals surface area contributed by atoms with E-state index >= 15 is 0 Å². The summed E-state index contributed by atoms with van der Waals surface area (Å²) in [4.78, 5) is 0. The summed E-state index contributed by atoms with van der Waals surface area (Å²) < 4.78 is 8.07. The van der Waals surface area contributed by atoms with Crippen molar-refractivity contribution in [1.29, 1.82) is 0 Å². The Hall–Kier alpha value is -2.22. The molecule has 0 amide bonds. The smallest absolute Gasteiger partial charge is 0.152 e. The molecule has 0 radical (unpaired) electrons. The van der Waals surface area contributed by atoms with E-state index in [9.17, 15) is 0 Å². The lowest BCUT2D eigenvalue weighted by Crippen LogP contribution is -2.02. The molecule has 0 saturated carbocycles. The molecule has 0 aliphatic carbocycles. The van der Waals surface area contributed by atoms with Crippen molar-refractivity contribution >= 4 is 10.9 Å². The molecule has 16 heavy (non-hydrogen) atoms. The van der Waals surface area contributed by atoms with Gasteiger partial charge in [-0.25, -0.2) is 0 Å². The molecule has 4 rings (SSSR count). The number of para-hydroxylation sites is 3. The summed E-state index contributed by atoms with van der Waals surface area (Å²) >= 11 is 0. The molecular formula is C14H9NO. The minimum Gasteiger partial charge on any atom is -0.453 e. The van der Waals surface area contributed by atoms with Crippen molar-refractivity contribution in [3.8, 4) is 17.2 Å². The Morgan fingerprint density at radius 3 is 2.69 bits per heavy atom. The fourth-order valence-electron chi connectivity index (χ4n) is 2.31. The molecule has 2 heterocycles. The second kappa shape index (κ2) is 2.67. The van der Waals surface area contributed by atoms with Crippen molar-refractivity contribution in [1.82, 2.24) is 4.57 Å². The molecule has 0 N–H and O–H groups in total. The van der Waals surface area contributed by atoms with Gasteiger partial charge in [-0.15, -0.1) is 0 Å². The second-order valence-electron chi connectivity index (χ2n) is 3.95. The summed E-state index contributed by atoms with van der Waals surface area (Å²) in [5.74, 6) is 1.85. The van der Waals surface area contributed by atoms with Gasteiger partial charge in [-0.3, -0.25) is 0 Å². The normalized spacial score (nSPS) is 12.2. The molecule has 0 bridgehead atoms. The minimum absolute atomic E-state index is 0.915. The SMILES string of the molecule is c1ccc2c(c1)Oc1cccc3ccn-2c13. The fourth-order valence-corrected chi connectivity index (χ4v) is 2.31. The van der Waals surface area contributed by atoms with Gasteiger partial charge in [0.1, 0.15) is 0 Å². The van der Waals surface area contributed by atoms with Gasteiger partial charge in [0.25, 0.3) is 0 Å². The van der Waals surface area contributed by atoms with Gasteiger partial charge in [0.15, 0.2) is 11.5 Å². The Labute approximate surface area is 92.7 Å². The second-order valence-corrected chi connectivity index (χ2v) is 3.95. The van der Waals surface area contributed by atoms with Crippen LogP contribution >= 0.6 is 0 Å². The highest BCUT2D eigenvalue weighted by Crippen LogP contribution is 2.40. The maximum atomic E-state index is 5.89. The molecule has 2 nitrogen and oxygen atoms in total. The van der Waals surface area contributed by atoms with Gasteiger partial charge >= 0.3 is 0 Å². The lowest BCUT2D eigenvalue weighted by atomic mass is 10.2. The molecule has 2 aromatic carbocycles. The molecule has 0 spiro atoms. The summed E-state index contributed by atoms with van der Waals surface area (Å²) in [6.07, 6.45) is 2.09. The molecule has 1 aromatic heterocycles. The molecule has 0 fully saturated rings. The summed E-state index contributed by atoms with van der Waals surface area (Å²) in [7, 11) is 0. The molecule has 0 unspecified atom stereocenters. The highest BCUT2D eigenvalue weighted by Gasteiger charge is 2.18. The van der Waals surface area contributed by atoms with Gasteiger partial charge in [0, 0.05) is 11.6 Å². The zero-order valence-electron chi connectivity index (χ0n) is 8.55. The Morgan fingerprint density at radius 2 is 1.69 bits per heavy atom. The topological polar surface area (TPSA) is 14.2 Å². The van der Waals surface area contributed by atoms with E-state index in [1.165, 1.54) is 5.39 Å². The van der Waals surface area contributed by atoms with Crippen LogP contribution in [0.2, 0.25) is 0 Å². The van der Waals surface area contributed by atoms with Gasteiger partial charge < -0.3 is 9.30 Å². The van der Waals surface area contributed by atoms with E-state index in [0.29, 0.717) is 0 Å². The average Bonchev–Trinajstić information content (AvgIpc) is 2.76. The maximum Gasteiger partial charge on any atom is 0.152 e. The van der Waals surface area contributed by atoms with Crippen LogP contribution in [0, 0.1) is 0 Å². The van der Waals surface area contributed by atoms with E-state index in [2.05, 4.69) is 29.0 Å². The third-order valence-corrected chi connectivity index (χ3v) is 3.02. The van der Waals surface area contributed by atoms with E-state index in [1.807, 2.05) is 30.3 Å². The van der Waals surface area contributed by atoms with Crippen molar-refractivity contribution in [2.75, 3.05) is 0 Å². The fraction of sp³-hybridized carbons (Fsp3) is 0. The number of fused-ring (bicyclic) bond motifs is 2. The van der Waals surface area contributed by atoms with Crippen LogP contribution in [-0.4, -0.2) is 4.57 Å². The van der Waals surface area contributed by atoms with Gasteiger partial charge in [0.2, 0.25) is 0 Å². The predicted octanol–water partition coefficient (Wildman–Crippen LogP) is 3.74. The Balaban J connectivity index is 2.21. The van der Waals surface area contributed by atoms with E-state index in [0.717, 1.165) is 22.7 Å². The number of hydrogen-bond donors (Lipinski definition) is 0. The zero-order valence-corrected chi connectivity index (χ0v) is 8.55. The van der Waals surface area contributed by atoms with Crippen molar-refractivity contribution in [3.05, 3.63) is 54.7 Å². The average molecular weight is 207 g/mol. The molecule has 1 aliphatic heterocycles. The van der Waals surface area contributed by atoms with E-state index in [-0.39, 0.29) is 0 Å².